The van der Waals surface area contributed by atoms with Gasteiger partial charge in [0.1, 0.15) is 29.0 Å². The van der Waals surface area contributed by atoms with Crippen LogP contribution in [0.25, 0.3) is 0 Å². The number of benzene rings is 2. The Hall–Kier alpha value is -2.52. The molecule has 1 heterocycles. The Morgan fingerprint density at radius 2 is 1.43 bits per heavy atom. The van der Waals surface area contributed by atoms with Crippen LogP contribution in [-0.4, -0.2) is 4.98 Å². The van der Waals surface area contributed by atoms with Crippen molar-refractivity contribution in [2.45, 2.75) is 13.5 Å². The Kier molecular flexibility index (Phi) is 4.79. The number of rotatable bonds is 5. The van der Waals surface area contributed by atoms with Gasteiger partial charge in [-0.05, 0) is 55.5 Å². The highest BCUT2D eigenvalue weighted by atomic mass is 35.5. The topological polar surface area (TPSA) is 31.4 Å². The van der Waals surface area contributed by atoms with Crippen molar-refractivity contribution in [1.82, 2.24) is 4.98 Å². The van der Waals surface area contributed by atoms with Gasteiger partial charge in [0, 0.05) is 0 Å². The molecule has 0 aliphatic heterocycles. The number of aromatic nitrogens is 1. The quantitative estimate of drug-likeness (QED) is 0.587. The maximum Gasteiger partial charge on any atom is 0.130 e. The molecule has 0 atom stereocenters. The highest BCUT2D eigenvalue weighted by Crippen LogP contribution is 2.24. The fourth-order valence-electron chi connectivity index (χ4n) is 2.03. The molecule has 3 aromatic rings. The Bertz CT molecular complexity index is 770. The van der Waals surface area contributed by atoms with Crippen LogP contribution in [0.3, 0.4) is 0 Å². The van der Waals surface area contributed by atoms with Crippen LogP contribution in [0.15, 0.2) is 66.7 Å². The average Bonchev–Trinajstić information content (AvgIpc) is 2.56. The summed E-state index contributed by atoms with van der Waals surface area (Å²) in [6.07, 6.45) is 0. The smallest absolute Gasteiger partial charge is 0.130 e. The molecule has 0 N–H and O–H groups in total. The molecular formula is C19H16ClNO2. The van der Waals surface area contributed by atoms with Gasteiger partial charge in [0.25, 0.3) is 0 Å². The summed E-state index contributed by atoms with van der Waals surface area (Å²) in [6.45, 7) is 2.42. The molecule has 0 unspecified atom stereocenters. The van der Waals surface area contributed by atoms with Gasteiger partial charge >= 0.3 is 0 Å². The van der Waals surface area contributed by atoms with E-state index in [0.717, 1.165) is 22.9 Å². The van der Waals surface area contributed by atoms with Gasteiger partial charge in [-0.1, -0.05) is 35.4 Å². The lowest BCUT2D eigenvalue weighted by molar-refractivity contribution is 0.301. The lowest BCUT2D eigenvalue weighted by Gasteiger charge is -2.08. The maximum absolute atomic E-state index is 5.85. The van der Waals surface area contributed by atoms with Crippen molar-refractivity contribution in [3.05, 3.63) is 83.1 Å². The van der Waals surface area contributed by atoms with E-state index in [1.54, 1.807) is 6.07 Å². The van der Waals surface area contributed by atoms with Crippen LogP contribution in [0, 0.1) is 6.92 Å². The van der Waals surface area contributed by atoms with Gasteiger partial charge in [0.15, 0.2) is 0 Å². The molecule has 0 amide bonds. The van der Waals surface area contributed by atoms with E-state index in [-0.39, 0.29) is 0 Å². The van der Waals surface area contributed by atoms with Crippen molar-refractivity contribution >= 4 is 11.6 Å². The summed E-state index contributed by atoms with van der Waals surface area (Å²) in [6, 6.07) is 20.9. The number of pyridine rings is 1. The van der Waals surface area contributed by atoms with Gasteiger partial charge in [-0.2, -0.15) is 0 Å². The Balaban J connectivity index is 1.59. The fourth-order valence-corrected chi connectivity index (χ4v) is 2.22. The highest BCUT2D eigenvalue weighted by molar-refractivity contribution is 6.29. The number of hydrogen-bond donors (Lipinski definition) is 0. The van der Waals surface area contributed by atoms with E-state index < -0.39 is 0 Å². The minimum atomic E-state index is 0.374. The zero-order valence-corrected chi connectivity index (χ0v) is 13.5. The fraction of sp³-hybridized carbons (Fsp3) is 0.105. The van der Waals surface area contributed by atoms with Gasteiger partial charge in [0.2, 0.25) is 0 Å². The van der Waals surface area contributed by atoms with Gasteiger partial charge in [-0.3, -0.25) is 0 Å². The summed E-state index contributed by atoms with van der Waals surface area (Å²) in [5, 5.41) is 0.466. The molecule has 0 bridgehead atoms. The number of hydrogen-bond acceptors (Lipinski definition) is 3. The second-order valence-corrected chi connectivity index (χ2v) is 5.51. The normalized spacial score (nSPS) is 10.3. The van der Waals surface area contributed by atoms with Crippen molar-refractivity contribution in [2.24, 2.45) is 0 Å². The van der Waals surface area contributed by atoms with E-state index in [9.17, 15) is 0 Å². The number of aryl methyl sites for hydroxylation is 1. The standard InChI is InChI=1S/C19H16ClNO2/c1-14-5-7-17(8-6-14)23-18-11-9-16(10-12-18)22-13-15-3-2-4-19(20)21-15/h2-12H,13H2,1H3. The van der Waals surface area contributed by atoms with E-state index in [0.29, 0.717) is 11.8 Å². The third-order valence-electron chi connectivity index (χ3n) is 3.24. The Labute approximate surface area is 140 Å². The molecule has 0 saturated heterocycles. The van der Waals surface area contributed by atoms with E-state index in [4.69, 9.17) is 21.1 Å². The minimum absolute atomic E-state index is 0.374. The lowest BCUT2D eigenvalue weighted by Crippen LogP contribution is -1.98. The van der Waals surface area contributed by atoms with Crippen molar-refractivity contribution in [1.29, 1.82) is 0 Å². The molecule has 1 aromatic heterocycles. The first-order valence-corrected chi connectivity index (χ1v) is 7.66. The van der Waals surface area contributed by atoms with Crippen molar-refractivity contribution in [3.63, 3.8) is 0 Å². The first-order valence-electron chi connectivity index (χ1n) is 7.28. The molecule has 23 heavy (non-hydrogen) atoms. The molecule has 0 spiro atoms. The zero-order valence-electron chi connectivity index (χ0n) is 12.7. The number of ether oxygens (including phenoxy) is 2. The monoisotopic (exact) mass is 325 g/mol. The van der Waals surface area contributed by atoms with Crippen molar-refractivity contribution < 1.29 is 9.47 Å². The van der Waals surface area contributed by atoms with Gasteiger partial charge in [0.05, 0.1) is 5.69 Å². The van der Waals surface area contributed by atoms with Gasteiger partial charge in [-0.25, -0.2) is 4.98 Å². The summed E-state index contributed by atoms with van der Waals surface area (Å²) in [5.74, 6) is 2.33. The van der Waals surface area contributed by atoms with Gasteiger partial charge < -0.3 is 9.47 Å². The summed E-state index contributed by atoms with van der Waals surface area (Å²) in [5.41, 5.74) is 1.99. The molecule has 3 rings (SSSR count). The Morgan fingerprint density at radius 1 is 0.826 bits per heavy atom. The third kappa shape index (κ3) is 4.47. The maximum atomic E-state index is 5.85. The predicted molar refractivity (Wildman–Crippen MR) is 91.3 cm³/mol. The summed E-state index contributed by atoms with van der Waals surface area (Å²) >= 11 is 5.85. The molecule has 0 fully saturated rings. The first-order chi connectivity index (χ1) is 11.2. The second-order valence-electron chi connectivity index (χ2n) is 5.13. The Morgan fingerprint density at radius 3 is 2.09 bits per heavy atom. The second kappa shape index (κ2) is 7.16. The van der Waals surface area contributed by atoms with E-state index in [1.807, 2.05) is 67.6 Å². The predicted octanol–water partition coefficient (Wildman–Crippen LogP) is 5.41. The van der Waals surface area contributed by atoms with Crippen LogP contribution in [0.2, 0.25) is 5.15 Å². The van der Waals surface area contributed by atoms with E-state index in [1.165, 1.54) is 5.56 Å². The van der Waals surface area contributed by atoms with Crippen LogP contribution in [0.1, 0.15) is 11.3 Å². The highest BCUT2D eigenvalue weighted by Gasteiger charge is 2.01. The molecule has 2 aromatic carbocycles. The molecule has 116 valence electrons. The lowest BCUT2D eigenvalue weighted by atomic mass is 10.2. The van der Waals surface area contributed by atoms with Gasteiger partial charge in [-0.15, -0.1) is 0 Å². The van der Waals surface area contributed by atoms with Crippen LogP contribution in [0.4, 0.5) is 0 Å². The third-order valence-corrected chi connectivity index (χ3v) is 3.45. The molecule has 0 saturated carbocycles. The molecule has 3 nitrogen and oxygen atoms in total. The van der Waals surface area contributed by atoms with Crippen LogP contribution in [0.5, 0.6) is 17.2 Å². The van der Waals surface area contributed by atoms with Crippen LogP contribution < -0.4 is 9.47 Å². The molecule has 0 aliphatic rings. The van der Waals surface area contributed by atoms with Crippen LogP contribution >= 0.6 is 11.6 Å². The molecule has 0 aliphatic carbocycles. The first kappa shape index (κ1) is 15.4. The van der Waals surface area contributed by atoms with Crippen molar-refractivity contribution in [3.8, 4) is 17.2 Å². The van der Waals surface area contributed by atoms with E-state index in [2.05, 4.69) is 4.98 Å². The molecule has 4 heteroatoms. The van der Waals surface area contributed by atoms with Crippen LogP contribution in [-0.2, 0) is 6.61 Å². The summed E-state index contributed by atoms with van der Waals surface area (Å²) < 4.78 is 11.5. The summed E-state index contributed by atoms with van der Waals surface area (Å²) in [7, 11) is 0. The minimum Gasteiger partial charge on any atom is -0.487 e. The van der Waals surface area contributed by atoms with Crippen molar-refractivity contribution in [2.75, 3.05) is 0 Å². The SMILES string of the molecule is Cc1ccc(Oc2ccc(OCc3cccc(Cl)n3)cc2)cc1. The molecular weight excluding hydrogens is 310 g/mol. The zero-order chi connectivity index (χ0) is 16.1. The largest absolute Gasteiger partial charge is 0.487 e. The van der Waals surface area contributed by atoms with E-state index >= 15 is 0 Å². The molecule has 0 radical (unpaired) electrons. The number of halogens is 1. The average molecular weight is 326 g/mol. The number of nitrogens with zero attached hydrogens (tertiary/aromatic N) is 1. The summed E-state index contributed by atoms with van der Waals surface area (Å²) in [4.78, 5) is 4.18.